The Hall–Kier alpha value is -2.28. The molecule has 7 heteroatoms. The van der Waals surface area contributed by atoms with Crippen molar-refractivity contribution in [1.82, 2.24) is 0 Å². The summed E-state index contributed by atoms with van der Waals surface area (Å²) in [5, 5.41) is 0. The second kappa shape index (κ2) is 4.63. The zero-order valence-electron chi connectivity index (χ0n) is 10.4. The largest absolute Gasteiger partial charge is 0.399 e. The lowest BCUT2D eigenvalue weighted by Gasteiger charge is -2.15. The molecule has 0 saturated heterocycles. The minimum atomic E-state index is -1.01. The maximum Gasteiger partial charge on any atom is 0.266 e. The van der Waals surface area contributed by atoms with Gasteiger partial charge in [0.1, 0.15) is 5.69 Å². The molecule has 2 aromatic carbocycles. The number of rotatable bonds is 1. The van der Waals surface area contributed by atoms with Crippen molar-refractivity contribution in [1.29, 1.82) is 0 Å². The first-order valence-corrected chi connectivity index (χ1v) is 6.62. The van der Waals surface area contributed by atoms with E-state index < -0.39 is 29.1 Å². The number of nitrogen functional groups attached to an aromatic ring is 1. The van der Waals surface area contributed by atoms with E-state index in [1.807, 2.05) is 0 Å². The highest BCUT2D eigenvalue weighted by Gasteiger charge is 2.39. The lowest BCUT2D eigenvalue weighted by Crippen LogP contribution is -2.31. The normalized spacial score (nSPS) is 13.8. The summed E-state index contributed by atoms with van der Waals surface area (Å²) < 4.78 is 28.1. The number of fused-ring (bicyclic) bond motifs is 1. The van der Waals surface area contributed by atoms with E-state index in [1.54, 1.807) is 0 Å². The number of imide groups is 1. The average molecular weight is 353 g/mol. The maximum absolute atomic E-state index is 14.0. The third-order valence-corrected chi connectivity index (χ3v) is 3.57. The zero-order chi connectivity index (χ0) is 15.3. The first-order chi connectivity index (χ1) is 9.90. The molecule has 0 spiro atoms. The molecule has 0 aromatic heterocycles. The highest BCUT2D eigenvalue weighted by molar-refractivity contribution is 9.10. The standard InChI is InChI=1S/C14H7BrF2N2O2/c15-6-3-10(16)12(11(17)4-6)19-13(20)8-2-1-7(18)5-9(8)14(19)21/h1-5H,18H2. The van der Waals surface area contributed by atoms with Gasteiger partial charge in [-0.2, -0.15) is 0 Å². The fraction of sp³-hybridized carbons (Fsp3) is 0. The molecule has 0 atom stereocenters. The number of nitrogens with zero attached hydrogens (tertiary/aromatic N) is 1. The van der Waals surface area contributed by atoms with E-state index in [-0.39, 0.29) is 21.3 Å². The van der Waals surface area contributed by atoms with E-state index >= 15 is 0 Å². The molecule has 2 amide bonds. The highest BCUT2D eigenvalue weighted by Crippen LogP contribution is 2.34. The van der Waals surface area contributed by atoms with Crippen LogP contribution in [0.3, 0.4) is 0 Å². The van der Waals surface area contributed by atoms with Crippen LogP contribution in [-0.2, 0) is 0 Å². The van der Waals surface area contributed by atoms with Crippen molar-refractivity contribution in [2.75, 3.05) is 10.6 Å². The van der Waals surface area contributed by atoms with Crippen molar-refractivity contribution < 1.29 is 18.4 Å². The van der Waals surface area contributed by atoms with E-state index in [4.69, 9.17) is 5.73 Å². The molecule has 3 rings (SSSR count). The van der Waals surface area contributed by atoms with Crippen LogP contribution in [-0.4, -0.2) is 11.8 Å². The molecular formula is C14H7BrF2N2O2. The molecule has 21 heavy (non-hydrogen) atoms. The average Bonchev–Trinajstić information content (AvgIpc) is 2.62. The van der Waals surface area contributed by atoms with Crippen molar-refractivity contribution in [3.05, 3.63) is 57.6 Å². The number of hydrogen-bond donors (Lipinski definition) is 1. The van der Waals surface area contributed by atoms with E-state index in [9.17, 15) is 18.4 Å². The third-order valence-electron chi connectivity index (χ3n) is 3.12. The van der Waals surface area contributed by atoms with E-state index in [2.05, 4.69) is 15.9 Å². The van der Waals surface area contributed by atoms with Crippen LogP contribution in [0, 0.1) is 11.6 Å². The van der Waals surface area contributed by atoms with Crippen molar-refractivity contribution >= 4 is 39.1 Å². The van der Waals surface area contributed by atoms with Crippen molar-refractivity contribution in [2.24, 2.45) is 0 Å². The van der Waals surface area contributed by atoms with Crippen LogP contribution in [0.4, 0.5) is 20.2 Å². The van der Waals surface area contributed by atoms with Crippen LogP contribution in [0.2, 0.25) is 0 Å². The quantitative estimate of drug-likeness (QED) is 0.633. The first-order valence-electron chi connectivity index (χ1n) is 5.83. The molecule has 1 aliphatic rings. The minimum absolute atomic E-state index is 0.0294. The van der Waals surface area contributed by atoms with E-state index in [0.717, 1.165) is 12.1 Å². The number of nitrogens with two attached hydrogens (primary N) is 1. The van der Waals surface area contributed by atoms with Crippen LogP contribution in [0.1, 0.15) is 20.7 Å². The van der Waals surface area contributed by atoms with E-state index in [0.29, 0.717) is 4.90 Å². The monoisotopic (exact) mass is 352 g/mol. The smallest absolute Gasteiger partial charge is 0.266 e. The fourth-order valence-electron chi connectivity index (χ4n) is 2.21. The van der Waals surface area contributed by atoms with Gasteiger partial charge in [-0.25, -0.2) is 13.7 Å². The summed E-state index contributed by atoms with van der Waals surface area (Å²) in [6.07, 6.45) is 0. The predicted molar refractivity (Wildman–Crippen MR) is 76.1 cm³/mol. The molecule has 0 bridgehead atoms. The molecule has 2 aromatic rings. The number of carbonyl (C=O) groups is 2. The molecular weight excluding hydrogens is 346 g/mol. The Bertz CT molecular complexity index is 785. The van der Waals surface area contributed by atoms with E-state index in [1.165, 1.54) is 18.2 Å². The number of halogens is 3. The van der Waals surface area contributed by atoms with Gasteiger partial charge >= 0.3 is 0 Å². The van der Waals surface area contributed by atoms with Crippen LogP contribution in [0.25, 0.3) is 0 Å². The van der Waals surface area contributed by atoms with Gasteiger partial charge in [-0.1, -0.05) is 15.9 Å². The second-order valence-electron chi connectivity index (χ2n) is 4.47. The number of hydrogen-bond acceptors (Lipinski definition) is 3. The van der Waals surface area contributed by atoms with Gasteiger partial charge in [-0.15, -0.1) is 0 Å². The Morgan fingerprint density at radius 2 is 1.52 bits per heavy atom. The Labute approximate surface area is 126 Å². The number of anilines is 2. The third kappa shape index (κ3) is 2.01. The van der Waals surface area contributed by atoms with Gasteiger partial charge in [0.2, 0.25) is 0 Å². The molecule has 0 unspecified atom stereocenters. The topological polar surface area (TPSA) is 63.4 Å². The van der Waals surface area contributed by atoms with Crippen molar-refractivity contribution in [3.63, 3.8) is 0 Å². The van der Waals surface area contributed by atoms with Gasteiger partial charge in [0.25, 0.3) is 11.8 Å². The van der Waals surface area contributed by atoms with Gasteiger partial charge in [-0.3, -0.25) is 9.59 Å². The number of amides is 2. The molecule has 4 nitrogen and oxygen atoms in total. The lowest BCUT2D eigenvalue weighted by atomic mass is 10.1. The summed E-state index contributed by atoms with van der Waals surface area (Å²) in [6.45, 7) is 0. The Morgan fingerprint density at radius 3 is 2.14 bits per heavy atom. The number of benzene rings is 2. The van der Waals surface area contributed by atoms with Crippen molar-refractivity contribution in [2.45, 2.75) is 0 Å². The summed E-state index contributed by atoms with van der Waals surface area (Å²) >= 11 is 2.94. The molecule has 106 valence electrons. The molecule has 1 aliphatic heterocycles. The van der Waals surface area contributed by atoms with Crippen LogP contribution in [0.15, 0.2) is 34.8 Å². The van der Waals surface area contributed by atoms with Gasteiger partial charge in [0.05, 0.1) is 11.1 Å². The van der Waals surface area contributed by atoms with Crippen LogP contribution < -0.4 is 10.6 Å². The van der Waals surface area contributed by atoms with Crippen molar-refractivity contribution in [3.8, 4) is 0 Å². The molecule has 0 fully saturated rings. The summed E-state index contributed by atoms with van der Waals surface area (Å²) in [6, 6.07) is 6.08. The molecule has 1 heterocycles. The Kier molecular flexibility index (Phi) is 3.02. The first kappa shape index (κ1) is 13.7. The van der Waals surface area contributed by atoms with Gasteiger partial charge in [0, 0.05) is 10.2 Å². The molecule has 2 N–H and O–H groups in total. The van der Waals surface area contributed by atoms with Crippen LogP contribution in [0.5, 0.6) is 0 Å². The van der Waals surface area contributed by atoms with Gasteiger partial charge in [0.15, 0.2) is 11.6 Å². The summed E-state index contributed by atoms with van der Waals surface area (Å²) in [5.41, 5.74) is 5.25. The SMILES string of the molecule is Nc1ccc2c(c1)C(=O)N(c1c(F)cc(Br)cc1F)C2=O. The zero-order valence-corrected chi connectivity index (χ0v) is 11.9. The molecule has 0 radical (unpaired) electrons. The summed E-state index contributed by atoms with van der Waals surface area (Å²) in [5.74, 6) is -3.61. The molecule has 0 aliphatic carbocycles. The summed E-state index contributed by atoms with van der Waals surface area (Å²) in [4.78, 5) is 25.0. The second-order valence-corrected chi connectivity index (χ2v) is 5.38. The molecule has 0 saturated carbocycles. The Balaban J connectivity index is 2.19. The van der Waals surface area contributed by atoms with Gasteiger partial charge < -0.3 is 5.73 Å². The van der Waals surface area contributed by atoms with Gasteiger partial charge in [-0.05, 0) is 30.3 Å². The Morgan fingerprint density at radius 1 is 0.952 bits per heavy atom. The summed E-state index contributed by atoms with van der Waals surface area (Å²) in [7, 11) is 0. The van der Waals surface area contributed by atoms with Crippen LogP contribution >= 0.6 is 15.9 Å². The minimum Gasteiger partial charge on any atom is -0.399 e. The predicted octanol–water partition coefficient (Wildman–Crippen LogP) is 3.11. The lowest BCUT2D eigenvalue weighted by molar-refractivity contribution is 0.0923. The fourth-order valence-corrected chi connectivity index (χ4v) is 2.61. The number of carbonyl (C=O) groups excluding carboxylic acids is 2. The maximum atomic E-state index is 14.0. The highest BCUT2D eigenvalue weighted by atomic mass is 79.9.